The summed E-state index contributed by atoms with van der Waals surface area (Å²) in [6.07, 6.45) is 4.64. The third-order valence-electron chi connectivity index (χ3n) is 6.83. The van der Waals surface area contributed by atoms with Crippen molar-refractivity contribution in [1.29, 1.82) is 0 Å². The molecule has 2 aromatic heterocycles. The summed E-state index contributed by atoms with van der Waals surface area (Å²) < 4.78 is 5.52. The second-order valence-corrected chi connectivity index (χ2v) is 10.5. The summed E-state index contributed by atoms with van der Waals surface area (Å²) >= 11 is 1.89. The van der Waals surface area contributed by atoms with Gasteiger partial charge in [-0.05, 0) is 49.3 Å². The van der Waals surface area contributed by atoms with Gasteiger partial charge in [0.2, 0.25) is 0 Å². The molecule has 0 radical (unpaired) electrons. The maximum Gasteiger partial charge on any atom is 0.146 e. The lowest BCUT2D eigenvalue weighted by atomic mass is 9.89. The van der Waals surface area contributed by atoms with E-state index < -0.39 is 0 Å². The Bertz CT molecular complexity index is 1060. The highest BCUT2D eigenvalue weighted by Gasteiger charge is 2.24. The van der Waals surface area contributed by atoms with Crippen LogP contribution in [-0.2, 0) is 24.1 Å². The zero-order valence-corrected chi connectivity index (χ0v) is 20.7. The van der Waals surface area contributed by atoms with Crippen LogP contribution in [0.1, 0.15) is 36.0 Å². The molecule has 2 aliphatic rings. The normalized spacial score (nSPS) is 18.9. The summed E-state index contributed by atoms with van der Waals surface area (Å²) in [6.45, 7) is 8.57. The fourth-order valence-electron chi connectivity index (χ4n) is 4.88. The summed E-state index contributed by atoms with van der Waals surface area (Å²) in [4.78, 5) is 17.5. The van der Waals surface area contributed by atoms with Crippen molar-refractivity contribution in [2.45, 2.75) is 39.2 Å². The van der Waals surface area contributed by atoms with E-state index in [0.717, 1.165) is 81.2 Å². The second-order valence-electron chi connectivity index (χ2n) is 9.45. The van der Waals surface area contributed by atoms with Gasteiger partial charge in [0.1, 0.15) is 16.5 Å². The van der Waals surface area contributed by atoms with Crippen LogP contribution in [0.25, 0.3) is 10.2 Å². The third kappa shape index (κ3) is 5.31. The number of morpholine rings is 1. The number of para-hydroxylation sites is 1. The number of thiophene rings is 1. The van der Waals surface area contributed by atoms with Crippen LogP contribution in [0, 0.1) is 5.92 Å². The number of anilines is 2. The van der Waals surface area contributed by atoms with Crippen molar-refractivity contribution in [3.8, 4) is 0 Å². The van der Waals surface area contributed by atoms with Crippen LogP contribution in [0.4, 0.5) is 11.5 Å². The number of hydrogen-bond acceptors (Lipinski definition) is 7. The Balaban J connectivity index is 1.33. The monoisotopic (exact) mass is 465 g/mol. The van der Waals surface area contributed by atoms with Gasteiger partial charge in [-0.3, -0.25) is 4.90 Å². The van der Waals surface area contributed by atoms with Gasteiger partial charge in [-0.25, -0.2) is 9.97 Å². The third-order valence-corrected chi connectivity index (χ3v) is 7.98. The van der Waals surface area contributed by atoms with Gasteiger partial charge in [0.15, 0.2) is 0 Å². The average molecular weight is 466 g/mol. The Kier molecular flexibility index (Phi) is 7.09. The number of rotatable bonds is 8. The first-order chi connectivity index (χ1) is 16.2. The molecule has 1 aromatic carbocycles. The first kappa shape index (κ1) is 22.6. The van der Waals surface area contributed by atoms with E-state index in [2.05, 4.69) is 59.4 Å². The van der Waals surface area contributed by atoms with E-state index in [-0.39, 0.29) is 0 Å². The Labute approximate surface area is 201 Å². The molecule has 1 N–H and O–H groups in total. The minimum absolute atomic E-state index is 0.760. The van der Waals surface area contributed by atoms with Gasteiger partial charge in [0.05, 0.1) is 25.1 Å². The quantitative estimate of drug-likeness (QED) is 0.491. The van der Waals surface area contributed by atoms with Crippen LogP contribution in [-0.4, -0.2) is 61.3 Å². The number of nitrogens with one attached hydrogen (secondary N) is 1. The molecular formula is C26H35N5OS. The van der Waals surface area contributed by atoms with E-state index in [1.807, 2.05) is 11.3 Å². The maximum atomic E-state index is 5.52. The Morgan fingerprint density at radius 3 is 2.82 bits per heavy atom. The largest absolute Gasteiger partial charge is 0.379 e. The molecule has 1 fully saturated rings. The predicted octanol–water partition coefficient (Wildman–Crippen LogP) is 4.59. The van der Waals surface area contributed by atoms with Crippen molar-refractivity contribution in [1.82, 2.24) is 14.9 Å². The second kappa shape index (κ2) is 10.4. The topological polar surface area (TPSA) is 53.5 Å². The SMILES string of the molecule is C[C@H]1CCc2c(sc3nc(CN4CCOCC4)nc(NCCCN(C)c4ccccc4)c23)C1. The van der Waals surface area contributed by atoms with E-state index in [1.165, 1.54) is 34.4 Å². The fourth-order valence-corrected chi connectivity index (χ4v) is 6.28. The van der Waals surface area contributed by atoms with Gasteiger partial charge < -0.3 is 15.0 Å². The van der Waals surface area contributed by atoms with E-state index >= 15 is 0 Å². The first-order valence-electron chi connectivity index (χ1n) is 12.3. The number of aromatic nitrogens is 2. The molecular weight excluding hydrogens is 430 g/mol. The lowest BCUT2D eigenvalue weighted by molar-refractivity contribution is 0.0331. The maximum absolute atomic E-state index is 5.52. The van der Waals surface area contributed by atoms with E-state index in [9.17, 15) is 0 Å². The molecule has 1 saturated heterocycles. The Morgan fingerprint density at radius 2 is 2.00 bits per heavy atom. The number of nitrogens with zero attached hydrogens (tertiary/aromatic N) is 4. The van der Waals surface area contributed by atoms with Gasteiger partial charge in [-0.2, -0.15) is 0 Å². The van der Waals surface area contributed by atoms with Crippen molar-refractivity contribution < 1.29 is 4.74 Å². The molecule has 1 atom stereocenters. The molecule has 5 rings (SSSR count). The fraction of sp³-hybridized carbons (Fsp3) is 0.538. The van der Waals surface area contributed by atoms with Crippen molar-refractivity contribution in [2.24, 2.45) is 5.92 Å². The van der Waals surface area contributed by atoms with Crippen LogP contribution in [0.2, 0.25) is 0 Å². The Morgan fingerprint density at radius 1 is 1.18 bits per heavy atom. The van der Waals surface area contributed by atoms with Crippen LogP contribution < -0.4 is 10.2 Å². The smallest absolute Gasteiger partial charge is 0.146 e. The number of aryl methyl sites for hydroxylation is 1. The molecule has 0 saturated carbocycles. The molecule has 0 spiro atoms. The molecule has 0 amide bonds. The number of benzene rings is 1. The van der Waals surface area contributed by atoms with Crippen LogP contribution >= 0.6 is 11.3 Å². The zero-order valence-electron chi connectivity index (χ0n) is 19.8. The summed E-state index contributed by atoms with van der Waals surface area (Å²) in [5, 5.41) is 4.99. The predicted molar refractivity (Wildman–Crippen MR) is 138 cm³/mol. The highest BCUT2D eigenvalue weighted by molar-refractivity contribution is 7.19. The molecule has 33 heavy (non-hydrogen) atoms. The molecule has 7 heteroatoms. The highest BCUT2D eigenvalue weighted by atomic mass is 32.1. The first-order valence-corrected chi connectivity index (χ1v) is 13.1. The van der Waals surface area contributed by atoms with E-state index in [1.54, 1.807) is 0 Å². The molecule has 176 valence electrons. The summed E-state index contributed by atoms with van der Waals surface area (Å²) in [7, 11) is 2.16. The molecule has 3 aromatic rings. The summed E-state index contributed by atoms with van der Waals surface area (Å²) in [5.74, 6) is 2.73. The van der Waals surface area contributed by atoms with Crippen molar-refractivity contribution in [3.05, 3.63) is 46.6 Å². The minimum Gasteiger partial charge on any atom is -0.379 e. The molecule has 0 unspecified atom stereocenters. The molecule has 0 bridgehead atoms. The number of ether oxygens (including phenoxy) is 1. The number of hydrogen-bond donors (Lipinski definition) is 1. The Hall–Kier alpha value is -2.22. The van der Waals surface area contributed by atoms with E-state index in [0.29, 0.717) is 0 Å². The molecule has 1 aliphatic heterocycles. The van der Waals surface area contributed by atoms with Crippen molar-refractivity contribution in [2.75, 3.05) is 56.7 Å². The van der Waals surface area contributed by atoms with Gasteiger partial charge in [0.25, 0.3) is 0 Å². The summed E-state index contributed by atoms with van der Waals surface area (Å²) in [5.41, 5.74) is 2.76. The molecule has 1 aliphatic carbocycles. The lowest BCUT2D eigenvalue weighted by Crippen LogP contribution is -2.36. The van der Waals surface area contributed by atoms with Crippen LogP contribution in [0.5, 0.6) is 0 Å². The highest BCUT2D eigenvalue weighted by Crippen LogP contribution is 2.40. The number of fused-ring (bicyclic) bond motifs is 3. The van der Waals surface area contributed by atoms with Gasteiger partial charge in [0, 0.05) is 43.8 Å². The zero-order chi connectivity index (χ0) is 22.6. The van der Waals surface area contributed by atoms with Crippen LogP contribution in [0.15, 0.2) is 30.3 Å². The summed E-state index contributed by atoms with van der Waals surface area (Å²) in [6, 6.07) is 10.6. The minimum atomic E-state index is 0.760. The van der Waals surface area contributed by atoms with Crippen LogP contribution in [0.3, 0.4) is 0 Å². The van der Waals surface area contributed by atoms with Gasteiger partial charge in [-0.1, -0.05) is 25.1 Å². The van der Waals surface area contributed by atoms with Crippen molar-refractivity contribution >= 4 is 33.1 Å². The van der Waals surface area contributed by atoms with Gasteiger partial charge >= 0.3 is 0 Å². The molecule has 6 nitrogen and oxygen atoms in total. The standard InChI is InChI=1S/C26H35N5OS/c1-19-9-10-21-22(17-19)33-26-24(21)25(28-23(29-26)18-31-13-15-32-16-14-31)27-11-6-12-30(2)20-7-4-3-5-8-20/h3-5,7-8,19H,6,9-18H2,1-2H3,(H,27,28,29)/t19-/m0/s1. The van der Waals surface area contributed by atoms with Crippen molar-refractivity contribution in [3.63, 3.8) is 0 Å². The molecule has 3 heterocycles. The lowest BCUT2D eigenvalue weighted by Gasteiger charge is -2.26. The average Bonchev–Trinajstić information content (AvgIpc) is 3.20. The van der Waals surface area contributed by atoms with Gasteiger partial charge in [-0.15, -0.1) is 11.3 Å². The van der Waals surface area contributed by atoms with E-state index in [4.69, 9.17) is 14.7 Å².